The average Bonchev–Trinajstić information content (AvgIpc) is 2.85. The van der Waals surface area contributed by atoms with Gasteiger partial charge in [-0.25, -0.2) is 8.42 Å². The molecule has 0 bridgehead atoms. The first kappa shape index (κ1) is 18.9. The second kappa shape index (κ2) is 8.63. The van der Waals surface area contributed by atoms with Crippen LogP contribution in [0.3, 0.4) is 0 Å². The summed E-state index contributed by atoms with van der Waals surface area (Å²) in [6.45, 7) is 12.1. The van der Waals surface area contributed by atoms with E-state index in [0.29, 0.717) is 11.5 Å². The van der Waals surface area contributed by atoms with Crippen LogP contribution in [0.2, 0.25) is 0 Å². The van der Waals surface area contributed by atoms with E-state index in [-0.39, 0.29) is 6.04 Å². The lowest BCUT2D eigenvalue weighted by Crippen LogP contribution is -2.50. The molecule has 0 unspecified atom stereocenters. The smallest absolute Gasteiger partial charge is 0.151 e. The molecule has 0 radical (unpaired) electrons. The van der Waals surface area contributed by atoms with Crippen molar-refractivity contribution in [3.8, 4) is 0 Å². The van der Waals surface area contributed by atoms with Crippen molar-refractivity contribution in [2.24, 2.45) is 5.92 Å². The van der Waals surface area contributed by atoms with Crippen LogP contribution in [0.15, 0.2) is 11.6 Å². The zero-order chi connectivity index (χ0) is 16.9. The van der Waals surface area contributed by atoms with Crippen LogP contribution < -0.4 is 0 Å². The Bertz CT molecular complexity index is 489. The fourth-order valence-electron chi connectivity index (χ4n) is 3.62. The Labute approximate surface area is 142 Å². The predicted octanol–water partition coefficient (Wildman–Crippen LogP) is 2.56. The highest BCUT2D eigenvalue weighted by molar-refractivity contribution is 7.91. The molecule has 134 valence electrons. The predicted molar refractivity (Wildman–Crippen MR) is 97.5 cm³/mol. The topological polar surface area (TPSA) is 40.6 Å². The van der Waals surface area contributed by atoms with E-state index in [0.717, 1.165) is 38.5 Å². The van der Waals surface area contributed by atoms with Crippen LogP contribution in [0.1, 0.15) is 46.5 Å². The molecule has 2 fully saturated rings. The number of hydrogen-bond acceptors (Lipinski definition) is 4. The van der Waals surface area contributed by atoms with Gasteiger partial charge in [0.1, 0.15) is 0 Å². The molecule has 2 aliphatic heterocycles. The zero-order valence-corrected chi connectivity index (χ0v) is 15.9. The summed E-state index contributed by atoms with van der Waals surface area (Å²) in [6, 6.07) is 0.283. The normalized spacial score (nSPS) is 27.0. The number of hydrogen-bond donors (Lipinski definition) is 0. The summed E-state index contributed by atoms with van der Waals surface area (Å²) < 4.78 is 23.2. The maximum Gasteiger partial charge on any atom is 0.151 e. The molecule has 23 heavy (non-hydrogen) atoms. The molecule has 2 rings (SSSR count). The Balaban J connectivity index is 1.62. The fourth-order valence-corrected chi connectivity index (χ4v) is 5.38. The SMILES string of the molecule is CC(C)=CCC[C@H](C)CCN1CCN([C@@H]2CCS(=O)(=O)C2)CC1. The van der Waals surface area contributed by atoms with E-state index in [9.17, 15) is 8.42 Å². The van der Waals surface area contributed by atoms with Crippen LogP contribution >= 0.6 is 0 Å². The summed E-state index contributed by atoms with van der Waals surface area (Å²) in [5.74, 6) is 1.55. The molecule has 0 saturated carbocycles. The molecule has 2 heterocycles. The Morgan fingerprint density at radius 2 is 1.87 bits per heavy atom. The molecule has 2 atom stereocenters. The van der Waals surface area contributed by atoms with Gasteiger partial charge in [-0.1, -0.05) is 18.6 Å². The van der Waals surface area contributed by atoms with Gasteiger partial charge in [0.05, 0.1) is 11.5 Å². The van der Waals surface area contributed by atoms with E-state index < -0.39 is 9.84 Å². The van der Waals surface area contributed by atoms with Crippen molar-refractivity contribution in [1.29, 1.82) is 0 Å². The van der Waals surface area contributed by atoms with E-state index >= 15 is 0 Å². The van der Waals surface area contributed by atoms with Gasteiger partial charge in [-0.05, 0) is 52.0 Å². The van der Waals surface area contributed by atoms with Gasteiger partial charge in [0.25, 0.3) is 0 Å². The molecule has 0 aliphatic carbocycles. The quantitative estimate of drug-likeness (QED) is 0.667. The van der Waals surface area contributed by atoms with Crippen molar-refractivity contribution in [2.45, 2.75) is 52.5 Å². The number of sulfone groups is 1. The first-order valence-electron chi connectivity index (χ1n) is 9.16. The highest BCUT2D eigenvalue weighted by Crippen LogP contribution is 2.20. The minimum Gasteiger partial charge on any atom is -0.301 e. The van der Waals surface area contributed by atoms with Crippen molar-refractivity contribution in [3.05, 3.63) is 11.6 Å². The third-order valence-corrected chi connectivity index (χ3v) is 7.03. The molecule has 2 saturated heterocycles. The fraction of sp³-hybridized carbons (Fsp3) is 0.889. The van der Waals surface area contributed by atoms with Crippen LogP contribution in [0.25, 0.3) is 0 Å². The summed E-state index contributed by atoms with van der Waals surface area (Å²) in [7, 11) is -2.75. The van der Waals surface area contributed by atoms with Crippen molar-refractivity contribution in [2.75, 3.05) is 44.2 Å². The molecule has 2 aliphatic rings. The van der Waals surface area contributed by atoms with Crippen LogP contribution in [0.5, 0.6) is 0 Å². The third-order valence-electron chi connectivity index (χ3n) is 5.28. The minimum atomic E-state index is -2.75. The van der Waals surface area contributed by atoms with Gasteiger partial charge in [-0.3, -0.25) is 4.90 Å². The van der Waals surface area contributed by atoms with E-state index in [2.05, 4.69) is 36.6 Å². The number of nitrogens with zero attached hydrogens (tertiary/aromatic N) is 2. The van der Waals surface area contributed by atoms with Crippen molar-refractivity contribution in [1.82, 2.24) is 9.80 Å². The highest BCUT2D eigenvalue weighted by Gasteiger charge is 2.33. The summed E-state index contributed by atoms with van der Waals surface area (Å²) in [4.78, 5) is 4.96. The molecule has 0 aromatic heterocycles. The molecule has 0 N–H and O–H groups in total. The Hall–Kier alpha value is -0.390. The van der Waals surface area contributed by atoms with Gasteiger partial charge >= 0.3 is 0 Å². The maximum atomic E-state index is 11.6. The Morgan fingerprint density at radius 3 is 2.43 bits per heavy atom. The Morgan fingerprint density at radius 1 is 1.17 bits per heavy atom. The van der Waals surface area contributed by atoms with E-state index in [1.54, 1.807) is 0 Å². The summed E-state index contributed by atoms with van der Waals surface area (Å²) in [6.07, 6.45) is 6.93. The number of piperazine rings is 1. The maximum absolute atomic E-state index is 11.6. The minimum absolute atomic E-state index is 0.283. The molecular formula is C18H34N2O2S. The lowest BCUT2D eigenvalue weighted by atomic mass is 10.0. The molecule has 4 nitrogen and oxygen atoms in total. The van der Waals surface area contributed by atoms with Crippen LogP contribution in [0.4, 0.5) is 0 Å². The van der Waals surface area contributed by atoms with Gasteiger partial charge in [-0.15, -0.1) is 0 Å². The molecule has 0 aromatic carbocycles. The summed E-state index contributed by atoms with van der Waals surface area (Å²) in [5, 5.41) is 0. The molecule has 5 heteroatoms. The van der Waals surface area contributed by atoms with Crippen LogP contribution in [-0.2, 0) is 9.84 Å². The van der Waals surface area contributed by atoms with Gasteiger partial charge in [-0.2, -0.15) is 0 Å². The monoisotopic (exact) mass is 342 g/mol. The van der Waals surface area contributed by atoms with Gasteiger partial charge < -0.3 is 4.90 Å². The molecule has 0 spiro atoms. The Kier molecular flexibility index (Phi) is 7.11. The highest BCUT2D eigenvalue weighted by atomic mass is 32.2. The lowest BCUT2D eigenvalue weighted by Gasteiger charge is -2.38. The van der Waals surface area contributed by atoms with Crippen LogP contribution in [0, 0.1) is 5.92 Å². The number of rotatable bonds is 7. The number of allylic oxidation sites excluding steroid dienone is 2. The first-order valence-corrected chi connectivity index (χ1v) is 11.0. The average molecular weight is 343 g/mol. The van der Waals surface area contributed by atoms with Crippen molar-refractivity contribution >= 4 is 9.84 Å². The first-order chi connectivity index (χ1) is 10.9. The van der Waals surface area contributed by atoms with Crippen LogP contribution in [-0.4, -0.2) is 68.5 Å². The second-order valence-electron chi connectivity index (χ2n) is 7.69. The standard InChI is InChI=1S/C18H34N2O2S/c1-16(2)5-4-6-17(3)7-9-19-10-12-20(13-11-19)18-8-14-23(21,22)15-18/h5,17-18H,4,6-15H2,1-3H3/t17-,18+/m0/s1. The second-order valence-corrected chi connectivity index (χ2v) is 9.92. The van der Waals surface area contributed by atoms with Crippen molar-refractivity contribution in [3.63, 3.8) is 0 Å². The van der Waals surface area contributed by atoms with E-state index in [1.165, 1.54) is 31.4 Å². The lowest BCUT2D eigenvalue weighted by molar-refractivity contribution is 0.101. The third kappa shape index (κ3) is 6.55. The van der Waals surface area contributed by atoms with Gasteiger partial charge in [0.15, 0.2) is 9.84 Å². The zero-order valence-electron chi connectivity index (χ0n) is 15.1. The molecule has 0 amide bonds. The van der Waals surface area contributed by atoms with E-state index in [4.69, 9.17) is 0 Å². The van der Waals surface area contributed by atoms with Gasteiger partial charge in [0.2, 0.25) is 0 Å². The molecule has 0 aromatic rings. The molecular weight excluding hydrogens is 308 g/mol. The van der Waals surface area contributed by atoms with Gasteiger partial charge in [0, 0.05) is 32.2 Å². The summed E-state index contributed by atoms with van der Waals surface area (Å²) in [5.41, 5.74) is 1.42. The largest absolute Gasteiger partial charge is 0.301 e. The van der Waals surface area contributed by atoms with Crippen molar-refractivity contribution < 1.29 is 8.42 Å². The van der Waals surface area contributed by atoms with E-state index in [1.807, 2.05) is 0 Å². The summed E-state index contributed by atoms with van der Waals surface area (Å²) >= 11 is 0.